The van der Waals surface area contributed by atoms with Crippen molar-refractivity contribution < 1.29 is 19.4 Å². The van der Waals surface area contributed by atoms with E-state index in [4.69, 9.17) is 27.9 Å². The number of para-hydroxylation sites is 1. The number of carbonyl (C=O) groups excluding carboxylic acids is 1. The van der Waals surface area contributed by atoms with Crippen molar-refractivity contribution in [1.29, 1.82) is 0 Å². The smallest absolute Gasteiger partial charge is 0.326 e. The molecule has 33 heavy (non-hydrogen) atoms. The van der Waals surface area contributed by atoms with Crippen molar-refractivity contribution in [3.63, 3.8) is 0 Å². The molecule has 0 aliphatic carbocycles. The highest BCUT2D eigenvalue weighted by Gasteiger charge is 2.24. The molecule has 0 bridgehead atoms. The van der Waals surface area contributed by atoms with Gasteiger partial charge in [-0.3, -0.25) is 4.79 Å². The van der Waals surface area contributed by atoms with Crippen LogP contribution < -0.4 is 10.1 Å². The molecule has 1 heterocycles. The fraction of sp³-hybridized carbons (Fsp3) is 0.0800. The summed E-state index contributed by atoms with van der Waals surface area (Å²) in [6, 6.07) is 21.8. The summed E-state index contributed by atoms with van der Waals surface area (Å²) in [4.78, 5) is 28.9. The number of benzene rings is 3. The number of hydrogen-bond donors (Lipinski definition) is 2. The van der Waals surface area contributed by atoms with E-state index in [1.807, 2.05) is 42.5 Å². The number of amides is 1. The van der Waals surface area contributed by atoms with Crippen molar-refractivity contribution in [3.8, 4) is 11.6 Å². The van der Waals surface area contributed by atoms with Gasteiger partial charge in [0.05, 0.1) is 21.1 Å². The molecule has 1 unspecified atom stereocenters. The van der Waals surface area contributed by atoms with Gasteiger partial charge in [-0.25, -0.2) is 9.78 Å². The van der Waals surface area contributed by atoms with Crippen LogP contribution in [0.15, 0.2) is 78.9 Å². The van der Waals surface area contributed by atoms with Gasteiger partial charge in [-0.05, 0) is 48.0 Å². The fourth-order valence-corrected chi connectivity index (χ4v) is 3.90. The second-order valence-corrected chi connectivity index (χ2v) is 8.07. The molecular weight excluding hydrogens is 463 g/mol. The molecule has 4 aromatic rings. The Bertz CT molecular complexity index is 1310. The first-order valence-corrected chi connectivity index (χ1v) is 10.8. The third-order valence-electron chi connectivity index (χ3n) is 4.93. The number of nitrogens with one attached hydrogen (secondary N) is 1. The number of ether oxygens (including phenoxy) is 1. The summed E-state index contributed by atoms with van der Waals surface area (Å²) in [5.74, 6) is -0.687. The zero-order valence-electron chi connectivity index (χ0n) is 17.2. The van der Waals surface area contributed by atoms with Crippen LogP contribution in [-0.2, 0) is 11.2 Å². The lowest BCUT2D eigenvalue weighted by Gasteiger charge is -2.16. The van der Waals surface area contributed by atoms with E-state index in [1.165, 1.54) is 12.1 Å². The van der Waals surface area contributed by atoms with Crippen LogP contribution in [0.1, 0.15) is 15.9 Å². The minimum atomic E-state index is -1.17. The van der Waals surface area contributed by atoms with Crippen LogP contribution in [0.5, 0.6) is 11.6 Å². The number of aromatic nitrogens is 1. The number of nitrogens with zero attached hydrogens (tertiary/aromatic N) is 1. The predicted molar refractivity (Wildman–Crippen MR) is 127 cm³/mol. The number of carboxylic acids is 1. The maximum absolute atomic E-state index is 12.6. The number of fused-ring (bicyclic) bond motifs is 1. The fourth-order valence-electron chi connectivity index (χ4n) is 3.33. The Morgan fingerprint density at radius 1 is 0.939 bits per heavy atom. The van der Waals surface area contributed by atoms with Crippen LogP contribution in [0.25, 0.3) is 10.9 Å². The quantitative estimate of drug-likeness (QED) is 0.351. The van der Waals surface area contributed by atoms with E-state index in [-0.39, 0.29) is 22.0 Å². The molecule has 1 aromatic heterocycles. The number of rotatable bonds is 7. The summed E-state index contributed by atoms with van der Waals surface area (Å²) in [5, 5.41) is 13.3. The highest BCUT2D eigenvalue weighted by atomic mass is 35.5. The van der Waals surface area contributed by atoms with Gasteiger partial charge in [0.1, 0.15) is 11.8 Å². The van der Waals surface area contributed by atoms with Crippen molar-refractivity contribution in [3.05, 3.63) is 100 Å². The molecule has 0 aliphatic heterocycles. The molecule has 0 spiro atoms. The highest BCUT2D eigenvalue weighted by Crippen LogP contribution is 2.25. The summed E-state index contributed by atoms with van der Waals surface area (Å²) in [5.41, 5.74) is 1.46. The Labute approximate surface area is 199 Å². The average Bonchev–Trinajstić information content (AvgIpc) is 2.79. The molecule has 0 aliphatic rings. The van der Waals surface area contributed by atoms with Gasteiger partial charge in [-0.2, -0.15) is 0 Å². The zero-order valence-corrected chi connectivity index (χ0v) is 18.7. The van der Waals surface area contributed by atoms with Gasteiger partial charge in [0, 0.05) is 17.9 Å². The Morgan fingerprint density at radius 3 is 2.36 bits per heavy atom. The second kappa shape index (κ2) is 9.90. The molecule has 0 radical (unpaired) electrons. The van der Waals surface area contributed by atoms with Gasteiger partial charge in [-0.1, -0.05) is 53.5 Å². The first-order valence-electron chi connectivity index (χ1n) is 10.0. The molecular formula is C25H18Cl2N2O4. The molecule has 2 N–H and O–H groups in total. The van der Waals surface area contributed by atoms with Crippen LogP contribution in [0.3, 0.4) is 0 Å². The Kier molecular flexibility index (Phi) is 6.77. The first kappa shape index (κ1) is 22.6. The lowest BCUT2D eigenvalue weighted by atomic mass is 10.0. The summed E-state index contributed by atoms with van der Waals surface area (Å²) in [7, 11) is 0. The summed E-state index contributed by atoms with van der Waals surface area (Å²) >= 11 is 12.1. The molecule has 3 aromatic carbocycles. The van der Waals surface area contributed by atoms with E-state index < -0.39 is 17.9 Å². The SMILES string of the molecule is O=C(NC(Cc1ccc2nc(Oc3ccccc3)ccc2c1)C(=O)O)c1c(Cl)cccc1Cl. The van der Waals surface area contributed by atoms with Gasteiger partial charge in [-0.15, -0.1) is 0 Å². The monoisotopic (exact) mass is 480 g/mol. The predicted octanol–water partition coefficient (Wildman–Crippen LogP) is 5.76. The summed E-state index contributed by atoms with van der Waals surface area (Å²) in [6.07, 6.45) is 0.0708. The van der Waals surface area contributed by atoms with Crippen molar-refractivity contribution in [2.75, 3.05) is 0 Å². The van der Waals surface area contributed by atoms with Gasteiger partial charge < -0.3 is 15.2 Å². The van der Waals surface area contributed by atoms with Crippen molar-refractivity contribution >= 4 is 46.0 Å². The first-order chi connectivity index (χ1) is 15.9. The van der Waals surface area contributed by atoms with Crippen LogP contribution in [0, 0.1) is 0 Å². The van der Waals surface area contributed by atoms with Gasteiger partial charge in [0.2, 0.25) is 5.88 Å². The lowest BCUT2D eigenvalue weighted by molar-refractivity contribution is -0.139. The molecule has 166 valence electrons. The number of carboxylic acid groups (broad SMARTS) is 1. The Balaban J connectivity index is 1.51. The largest absolute Gasteiger partial charge is 0.480 e. The average molecular weight is 481 g/mol. The van der Waals surface area contributed by atoms with E-state index in [0.29, 0.717) is 17.1 Å². The molecule has 0 saturated heterocycles. The Morgan fingerprint density at radius 2 is 1.67 bits per heavy atom. The van der Waals surface area contributed by atoms with Crippen molar-refractivity contribution in [1.82, 2.24) is 10.3 Å². The van der Waals surface area contributed by atoms with Crippen LogP contribution in [-0.4, -0.2) is 28.0 Å². The van der Waals surface area contributed by atoms with Crippen molar-refractivity contribution in [2.45, 2.75) is 12.5 Å². The summed E-state index contributed by atoms with van der Waals surface area (Å²) < 4.78 is 5.76. The number of pyridine rings is 1. The van der Waals surface area contributed by atoms with E-state index in [0.717, 1.165) is 10.9 Å². The zero-order chi connectivity index (χ0) is 23.4. The van der Waals surface area contributed by atoms with E-state index >= 15 is 0 Å². The van der Waals surface area contributed by atoms with E-state index in [1.54, 1.807) is 24.3 Å². The van der Waals surface area contributed by atoms with Crippen molar-refractivity contribution in [2.24, 2.45) is 0 Å². The maximum atomic E-state index is 12.6. The number of hydrogen-bond acceptors (Lipinski definition) is 4. The topological polar surface area (TPSA) is 88.5 Å². The third-order valence-corrected chi connectivity index (χ3v) is 5.56. The normalized spacial score (nSPS) is 11.7. The molecule has 4 rings (SSSR count). The second-order valence-electron chi connectivity index (χ2n) is 7.26. The molecule has 8 heteroatoms. The maximum Gasteiger partial charge on any atom is 0.326 e. The van der Waals surface area contributed by atoms with Crippen LogP contribution >= 0.6 is 23.2 Å². The molecule has 0 saturated carbocycles. The number of halogens is 2. The molecule has 0 fully saturated rings. The number of aliphatic carboxylic acids is 1. The highest BCUT2D eigenvalue weighted by molar-refractivity contribution is 6.39. The Hall–Kier alpha value is -3.61. The van der Waals surface area contributed by atoms with Gasteiger partial charge >= 0.3 is 5.97 Å². The minimum absolute atomic E-state index is 0.0424. The molecule has 1 atom stereocenters. The van der Waals surface area contributed by atoms with E-state index in [2.05, 4.69) is 10.3 Å². The van der Waals surface area contributed by atoms with E-state index in [9.17, 15) is 14.7 Å². The van der Waals surface area contributed by atoms with Crippen LogP contribution in [0.2, 0.25) is 10.0 Å². The third kappa shape index (κ3) is 5.42. The van der Waals surface area contributed by atoms with Gasteiger partial charge in [0.25, 0.3) is 5.91 Å². The van der Waals surface area contributed by atoms with Crippen LogP contribution in [0.4, 0.5) is 0 Å². The molecule has 1 amide bonds. The molecule has 6 nitrogen and oxygen atoms in total. The summed E-state index contributed by atoms with van der Waals surface area (Å²) in [6.45, 7) is 0. The van der Waals surface area contributed by atoms with Gasteiger partial charge in [0.15, 0.2) is 0 Å². The minimum Gasteiger partial charge on any atom is -0.480 e. The number of carbonyl (C=O) groups is 2. The lowest BCUT2D eigenvalue weighted by Crippen LogP contribution is -2.42. The standard InChI is InChI=1S/C25H18Cl2N2O4/c26-18-7-4-8-19(27)23(18)24(30)29-21(25(31)32)14-15-9-11-20-16(13-15)10-12-22(28-20)33-17-5-2-1-3-6-17/h1-13,21H,14H2,(H,29,30)(H,31,32).